The van der Waals surface area contributed by atoms with Gasteiger partial charge in [0.05, 0.1) is 18.7 Å². The van der Waals surface area contributed by atoms with Crippen LogP contribution in [0.3, 0.4) is 0 Å². The second-order valence-electron chi connectivity index (χ2n) is 7.14. The number of alkyl halides is 3. The Labute approximate surface area is 169 Å². The minimum atomic E-state index is -4.66. The van der Waals surface area contributed by atoms with Crippen molar-refractivity contribution in [1.82, 2.24) is 14.7 Å². The van der Waals surface area contributed by atoms with Gasteiger partial charge in [-0.3, -0.25) is 4.79 Å². The molecule has 0 atom stereocenters. The number of fused-ring (bicyclic) bond motifs is 1. The van der Waals surface area contributed by atoms with Crippen molar-refractivity contribution in [3.05, 3.63) is 35.5 Å². The number of nitrogens with one attached hydrogen (secondary N) is 3. The van der Waals surface area contributed by atoms with Crippen molar-refractivity contribution >= 4 is 39.1 Å². The maximum atomic E-state index is 13.4. The van der Waals surface area contributed by atoms with E-state index in [2.05, 4.69) is 25.3 Å². The van der Waals surface area contributed by atoms with Crippen LogP contribution in [0, 0.1) is 0 Å². The summed E-state index contributed by atoms with van der Waals surface area (Å²) >= 11 is 0. The predicted molar refractivity (Wildman–Crippen MR) is 103 cm³/mol. The molecular formula is C17H17F3N6O3S. The smallest absolute Gasteiger partial charge is 0.353 e. The van der Waals surface area contributed by atoms with Crippen LogP contribution in [-0.2, 0) is 27.4 Å². The molecule has 9 nitrogen and oxygen atoms in total. The summed E-state index contributed by atoms with van der Waals surface area (Å²) in [5, 5.41) is 5.55. The molecule has 0 bridgehead atoms. The lowest BCUT2D eigenvalue weighted by molar-refractivity contribution is -0.137. The third-order valence-corrected chi connectivity index (χ3v) is 5.38. The lowest BCUT2D eigenvalue weighted by Crippen LogP contribution is -2.59. The van der Waals surface area contributed by atoms with Gasteiger partial charge in [0.15, 0.2) is 0 Å². The Morgan fingerprint density at radius 3 is 2.67 bits per heavy atom. The van der Waals surface area contributed by atoms with Gasteiger partial charge in [-0.15, -0.1) is 0 Å². The second-order valence-corrected chi connectivity index (χ2v) is 8.92. The number of carbonyl (C=O) groups is 1. The predicted octanol–water partition coefficient (Wildman–Crippen LogP) is 1.47. The summed E-state index contributed by atoms with van der Waals surface area (Å²) in [6.07, 6.45) is -2.76. The van der Waals surface area contributed by atoms with E-state index in [1.54, 1.807) is 18.2 Å². The molecule has 1 aromatic carbocycles. The Morgan fingerprint density at radius 2 is 2.00 bits per heavy atom. The van der Waals surface area contributed by atoms with E-state index in [9.17, 15) is 26.4 Å². The molecule has 1 saturated heterocycles. The number of amides is 1. The third kappa shape index (κ3) is 4.31. The van der Waals surface area contributed by atoms with Crippen LogP contribution in [0.2, 0.25) is 0 Å². The minimum Gasteiger partial charge on any atom is -0.353 e. The summed E-state index contributed by atoms with van der Waals surface area (Å²) in [6, 6.07) is 4.55. The molecule has 0 radical (unpaired) electrons. The molecule has 1 amide bonds. The first-order valence-electron chi connectivity index (χ1n) is 8.84. The fourth-order valence-electron chi connectivity index (χ4n) is 3.34. The highest BCUT2D eigenvalue weighted by atomic mass is 32.2. The zero-order valence-electron chi connectivity index (χ0n) is 15.6. The van der Waals surface area contributed by atoms with Crippen molar-refractivity contribution in [2.75, 3.05) is 34.9 Å². The number of halogens is 3. The molecule has 2 aliphatic rings. The lowest BCUT2D eigenvalue weighted by atomic mass is 10.1. The number of carbonyl (C=O) groups excluding carboxylic acids is 1. The van der Waals surface area contributed by atoms with Crippen LogP contribution >= 0.6 is 0 Å². The number of nitrogens with zero attached hydrogens (tertiary/aromatic N) is 3. The standard InChI is InChI=1S/C17H17F3N6O3S/c1-30(28,29)25-11-7-26(8-11)15-12(17(18,19)20)6-21-16(24-15)22-10-2-3-13-9(4-10)5-14(27)23-13/h2-4,6,11,25H,5,7-8H2,1H3,(H,23,27)(H,21,22,24). The van der Waals surface area contributed by atoms with Crippen LogP contribution in [-0.4, -0.2) is 49.7 Å². The van der Waals surface area contributed by atoms with Crippen LogP contribution in [0.1, 0.15) is 11.1 Å². The lowest BCUT2D eigenvalue weighted by Gasteiger charge is -2.40. The molecule has 13 heteroatoms. The van der Waals surface area contributed by atoms with Crippen molar-refractivity contribution in [1.29, 1.82) is 0 Å². The third-order valence-electron chi connectivity index (χ3n) is 4.62. The summed E-state index contributed by atoms with van der Waals surface area (Å²) in [4.78, 5) is 20.6. The first-order valence-corrected chi connectivity index (χ1v) is 10.7. The molecule has 0 aliphatic carbocycles. The van der Waals surface area contributed by atoms with Gasteiger partial charge in [0, 0.05) is 30.7 Å². The maximum Gasteiger partial charge on any atom is 0.421 e. The van der Waals surface area contributed by atoms with Crippen LogP contribution in [0.25, 0.3) is 0 Å². The van der Waals surface area contributed by atoms with Gasteiger partial charge in [0.1, 0.15) is 11.4 Å². The maximum absolute atomic E-state index is 13.4. The quantitative estimate of drug-likeness (QED) is 0.642. The van der Waals surface area contributed by atoms with E-state index in [-0.39, 0.29) is 37.2 Å². The van der Waals surface area contributed by atoms with Gasteiger partial charge in [-0.1, -0.05) is 0 Å². The summed E-state index contributed by atoms with van der Waals surface area (Å²) in [6.45, 7) is 0.110. The highest BCUT2D eigenvalue weighted by Gasteiger charge is 2.40. The zero-order valence-corrected chi connectivity index (χ0v) is 16.4. The van der Waals surface area contributed by atoms with Crippen molar-refractivity contribution in [3.8, 4) is 0 Å². The second kappa shape index (κ2) is 7.09. The highest BCUT2D eigenvalue weighted by molar-refractivity contribution is 7.88. The van der Waals surface area contributed by atoms with Gasteiger partial charge in [-0.2, -0.15) is 18.2 Å². The molecule has 0 saturated carbocycles. The van der Waals surface area contributed by atoms with Gasteiger partial charge in [0.2, 0.25) is 21.9 Å². The summed E-state index contributed by atoms with van der Waals surface area (Å²) < 4.78 is 65.2. The molecule has 1 fully saturated rings. The van der Waals surface area contributed by atoms with Gasteiger partial charge in [-0.05, 0) is 23.8 Å². The van der Waals surface area contributed by atoms with E-state index in [1.165, 1.54) is 4.90 Å². The number of rotatable bonds is 5. The van der Waals surface area contributed by atoms with Crippen LogP contribution < -0.4 is 20.3 Å². The van der Waals surface area contributed by atoms with Crippen LogP contribution in [0.15, 0.2) is 24.4 Å². The minimum absolute atomic E-state index is 0.0465. The molecule has 3 heterocycles. The SMILES string of the molecule is CS(=O)(=O)NC1CN(c2nc(Nc3ccc4c(c3)CC(=O)N4)ncc2C(F)(F)F)C1. The number of benzene rings is 1. The first kappa shape index (κ1) is 20.3. The van der Waals surface area contributed by atoms with Gasteiger partial charge in [-0.25, -0.2) is 18.1 Å². The number of sulfonamides is 1. The van der Waals surface area contributed by atoms with Crippen molar-refractivity contribution in [2.45, 2.75) is 18.6 Å². The van der Waals surface area contributed by atoms with Crippen molar-refractivity contribution in [2.24, 2.45) is 0 Å². The Balaban J connectivity index is 1.57. The number of hydrogen-bond acceptors (Lipinski definition) is 7. The fraction of sp³-hybridized carbons (Fsp3) is 0.353. The van der Waals surface area contributed by atoms with Crippen LogP contribution in [0.5, 0.6) is 0 Å². The van der Waals surface area contributed by atoms with E-state index in [0.717, 1.165) is 11.8 Å². The van der Waals surface area contributed by atoms with Crippen LogP contribution in [0.4, 0.5) is 36.3 Å². The van der Waals surface area contributed by atoms with E-state index in [1.807, 2.05) is 0 Å². The molecule has 2 aromatic rings. The Morgan fingerprint density at radius 1 is 1.27 bits per heavy atom. The molecule has 30 heavy (non-hydrogen) atoms. The van der Waals surface area contributed by atoms with E-state index in [0.29, 0.717) is 17.6 Å². The Kier molecular flexibility index (Phi) is 4.81. The van der Waals surface area contributed by atoms with Gasteiger partial charge >= 0.3 is 6.18 Å². The van der Waals surface area contributed by atoms with E-state index >= 15 is 0 Å². The molecule has 1 aromatic heterocycles. The molecule has 0 spiro atoms. The largest absolute Gasteiger partial charge is 0.421 e. The summed E-state index contributed by atoms with van der Waals surface area (Å²) in [7, 11) is -3.46. The highest BCUT2D eigenvalue weighted by Crippen LogP contribution is 2.37. The van der Waals surface area contributed by atoms with Crippen molar-refractivity contribution in [3.63, 3.8) is 0 Å². The Hall–Kier alpha value is -2.93. The monoisotopic (exact) mass is 442 g/mol. The molecule has 0 unspecified atom stereocenters. The number of anilines is 4. The summed E-state index contributed by atoms with van der Waals surface area (Å²) in [5.41, 5.74) is 0.963. The normalized spacial score (nSPS) is 16.8. The van der Waals surface area contributed by atoms with Gasteiger partial charge in [0.25, 0.3) is 0 Å². The zero-order chi connectivity index (χ0) is 21.7. The number of hydrogen-bond donors (Lipinski definition) is 3. The molecular weight excluding hydrogens is 425 g/mol. The van der Waals surface area contributed by atoms with Crippen molar-refractivity contribution < 1.29 is 26.4 Å². The first-order chi connectivity index (χ1) is 14.0. The fourth-order valence-corrected chi connectivity index (χ4v) is 4.09. The molecule has 3 N–H and O–H groups in total. The molecule has 2 aliphatic heterocycles. The average molecular weight is 442 g/mol. The molecule has 4 rings (SSSR count). The topological polar surface area (TPSA) is 116 Å². The number of aromatic nitrogens is 2. The molecule has 160 valence electrons. The van der Waals surface area contributed by atoms with E-state index in [4.69, 9.17) is 0 Å². The Bertz CT molecular complexity index is 1120. The van der Waals surface area contributed by atoms with E-state index < -0.39 is 27.8 Å². The summed E-state index contributed by atoms with van der Waals surface area (Å²) in [5.74, 6) is -0.510. The van der Waals surface area contributed by atoms with Gasteiger partial charge < -0.3 is 15.5 Å². The average Bonchev–Trinajstić information content (AvgIpc) is 2.95.